The minimum atomic E-state index is -0.307. The number of hydrogen-bond acceptors (Lipinski definition) is 3. The van der Waals surface area contributed by atoms with Crippen LogP contribution in [-0.2, 0) is 4.79 Å². The molecule has 3 heteroatoms. The minimum Gasteiger partial charge on any atom is -0.393 e. The lowest BCUT2D eigenvalue weighted by Crippen LogP contribution is -2.68. The Bertz CT molecular complexity index is 847. The van der Waals surface area contributed by atoms with Gasteiger partial charge in [-0.1, -0.05) is 48.1 Å². The molecule has 0 amide bonds. The van der Waals surface area contributed by atoms with Crippen molar-refractivity contribution in [3.63, 3.8) is 0 Å². The fourth-order valence-electron chi connectivity index (χ4n) is 11.5. The minimum absolute atomic E-state index is 0.0328. The second-order valence-corrected chi connectivity index (χ2v) is 14.6. The van der Waals surface area contributed by atoms with E-state index in [1.807, 2.05) is 0 Å². The van der Waals surface area contributed by atoms with Crippen molar-refractivity contribution in [2.24, 2.45) is 56.7 Å². The molecule has 5 fully saturated rings. The topological polar surface area (TPSA) is 57.5 Å². The van der Waals surface area contributed by atoms with Gasteiger partial charge in [0.05, 0.1) is 12.2 Å². The van der Waals surface area contributed by atoms with E-state index in [1.54, 1.807) is 0 Å². The number of aliphatic hydroxyl groups excluding tert-OH is 2. The van der Waals surface area contributed by atoms with Gasteiger partial charge in [0.25, 0.3) is 0 Å². The van der Waals surface area contributed by atoms with Crippen LogP contribution in [0.4, 0.5) is 0 Å². The summed E-state index contributed by atoms with van der Waals surface area (Å²) in [5, 5.41) is 22.6. The molecule has 0 heterocycles. The standard InChI is InChI=1S/C30H48O3/c1-18(17-31)19-10-13-28(5)24(33)16-30(7)20(25(19)28)8-9-22-27(4)14-12-23(32)26(2,3)21(27)11-15-29(22,30)6/h17,19-25,32-33H,1,8-16H2,2-7H3/t19-,20?,21?,22?,23-,24-,25?,27-,28+,29+,30+/m0/s1. The van der Waals surface area contributed by atoms with Crippen molar-refractivity contribution >= 4 is 6.29 Å². The first kappa shape index (κ1) is 24.0. The number of carbonyl (C=O) groups excluding carboxylic acids is 1. The number of rotatable bonds is 2. The van der Waals surface area contributed by atoms with E-state index >= 15 is 0 Å². The Balaban J connectivity index is 1.57. The molecular weight excluding hydrogens is 408 g/mol. The number of hydrogen-bond donors (Lipinski definition) is 2. The molecule has 11 atom stereocenters. The summed E-state index contributed by atoms with van der Waals surface area (Å²) in [7, 11) is 0. The van der Waals surface area contributed by atoms with E-state index in [0.29, 0.717) is 23.7 Å². The third-order valence-corrected chi connectivity index (χ3v) is 13.5. The molecule has 0 bridgehead atoms. The van der Waals surface area contributed by atoms with Crippen LogP contribution in [0.1, 0.15) is 99.3 Å². The molecule has 2 N–H and O–H groups in total. The van der Waals surface area contributed by atoms with E-state index in [2.05, 4.69) is 48.1 Å². The highest BCUT2D eigenvalue weighted by atomic mass is 16.3. The lowest BCUT2D eigenvalue weighted by molar-refractivity contribution is -0.261. The molecule has 4 unspecified atom stereocenters. The van der Waals surface area contributed by atoms with Crippen molar-refractivity contribution in [3.8, 4) is 0 Å². The highest BCUT2D eigenvalue weighted by Crippen LogP contribution is 2.77. The van der Waals surface area contributed by atoms with Crippen LogP contribution in [0.5, 0.6) is 0 Å². The number of aliphatic hydroxyl groups is 2. The van der Waals surface area contributed by atoms with Crippen molar-refractivity contribution in [1.29, 1.82) is 0 Å². The van der Waals surface area contributed by atoms with Gasteiger partial charge in [0, 0.05) is 0 Å². The van der Waals surface area contributed by atoms with Crippen molar-refractivity contribution in [2.75, 3.05) is 0 Å². The van der Waals surface area contributed by atoms with Crippen LogP contribution >= 0.6 is 0 Å². The number of fused-ring (bicyclic) bond motifs is 7. The summed E-state index contributed by atoms with van der Waals surface area (Å²) in [4.78, 5) is 11.8. The Morgan fingerprint density at radius 3 is 2.12 bits per heavy atom. The van der Waals surface area contributed by atoms with Crippen LogP contribution in [0.2, 0.25) is 0 Å². The third-order valence-electron chi connectivity index (χ3n) is 13.5. The summed E-state index contributed by atoms with van der Waals surface area (Å²) in [6.45, 7) is 18.7. The number of aldehydes is 1. The van der Waals surface area contributed by atoms with E-state index in [4.69, 9.17) is 0 Å². The van der Waals surface area contributed by atoms with E-state index in [-0.39, 0.29) is 45.2 Å². The van der Waals surface area contributed by atoms with Gasteiger partial charge in [-0.15, -0.1) is 0 Å². The monoisotopic (exact) mass is 456 g/mol. The van der Waals surface area contributed by atoms with Crippen molar-refractivity contribution in [2.45, 2.75) is 112 Å². The van der Waals surface area contributed by atoms with Gasteiger partial charge in [0.1, 0.15) is 6.29 Å². The van der Waals surface area contributed by atoms with Crippen LogP contribution in [-0.4, -0.2) is 28.7 Å². The Labute approximate surface area is 201 Å². The van der Waals surface area contributed by atoms with E-state index < -0.39 is 0 Å². The SMILES string of the molecule is C=C(C=O)[C@@H]1CC[C@@]2(C)C1C1CCC3[C@@]4(C)CC[C@H](O)C(C)(C)C4CC[C@@]3(C)[C@]1(C)C[C@@H]2O. The predicted molar refractivity (Wildman–Crippen MR) is 132 cm³/mol. The third kappa shape index (κ3) is 2.79. The van der Waals surface area contributed by atoms with Gasteiger partial charge < -0.3 is 10.2 Å². The summed E-state index contributed by atoms with van der Waals surface area (Å²) < 4.78 is 0. The van der Waals surface area contributed by atoms with Crippen molar-refractivity contribution < 1.29 is 15.0 Å². The maximum Gasteiger partial charge on any atom is 0.145 e. The average molecular weight is 457 g/mol. The summed E-state index contributed by atoms with van der Waals surface area (Å²) in [6, 6.07) is 0. The van der Waals surface area contributed by atoms with E-state index in [1.165, 1.54) is 25.7 Å². The van der Waals surface area contributed by atoms with Crippen LogP contribution in [0.25, 0.3) is 0 Å². The van der Waals surface area contributed by atoms with Gasteiger partial charge in [-0.3, -0.25) is 4.79 Å². The van der Waals surface area contributed by atoms with E-state index in [9.17, 15) is 15.0 Å². The van der Waals surface area contributed by atoms with Crippen LogP contribution in [0, 0.1) is 56.7 Å². The highest BCUT2D eigenvalue weighted by molar-refractivity contribution is 5.73. The summed E-state index contributed by atoms with van der Waals surface area (Å²) in [5.41, 5.74) is 1.12. The Morgan fingerprint density at radius 1 is 0.788 bits per heavy atom. The van der Waals surface area contributed by atoms with Gasteiger partial charge >= 0.3 is 0 Å². The molecule has 0 saturated heterocycles. The molecule has 5 rings (SSSR count). The van der Waals surface area contributed by atoms with Crippen molar-refractivity contribution in [3.05, 3.63) is 12.2 Å². The first-order valence-corrected chi connectivity index (χ1v) is 13.8. The fourth-order valence-corrected chi connectivity index (χ4v) is 11.5. The zero-order valence-electron chi connectivity index (χ0n) is 22.0. The molecule has 0 aromatic carbocycles. The normalized spacial score (nSPS) is 57.3. The zero-order chi connectivity index (χ0) is 24.2. The largest absolute Gasteiger partial charge is 0.393 e. The molecule has 0 radical (unpaired) electrons. The van der Waals surface area contributed by atoms with Gasteiger partial charge in [0.15, 0.2) is 0 Å². The smallest absolute Gasteiger partial charge is 0.145 e. The molecule has 5 aliphatic rings. The second-order valence-electron chi connectivity index (χ2n) is 14.6. The molecule has 0 aromatic rings. The molecular formula is C30H48O3. The highest BCUT2D eigenvalue weighted by Gasteiger charge is 2.71. The fraction of sp³-hybridized carbons (Fsp3) is 0.900. The summed E-state index contributed by atoms with van der Waals surface area (Å²) in [6.07, 6.45) is 10.2. The Hall–Kier alpha value is -0.670. The van der Waals surface area contributed by atoms with E-state index in [0.717, 1.165) is 44.0 Å². The van der Waals surface area contributed by atoms with Gasteiger partial charge in [0.2, 0.25) is 0 Å². The Kier molecular flexibility index (Phi) is 5.24. The molecule has 5 saturated carbocycles. The summed E-state index contributed by atoms with van der Waals surface area (Å²) in [5.74, 6) is 2.31. The lowest BCUT2D eigenvalue weighted by atomic mass is 9.32. The lowest BCUT2D eigenvalue weighted by Gasteiger charge is -2.73. The maximum absolute atomic E-state index is 11.8. The van der Waals surface area contributed by atoms with Crippen molar-refractivity contribution in [1.82, 2.24) is 0 Å². The molecule has 3 nitrogen and oxygen atoms in total. The van der Waals surface area contributed by atoms with Crippen LogP contribution < -0.4 is 0 Å². The number of allylic oxidation sites excluding steroid dienone is 1. The van der Waals surface area contributed by atoms with Gasteiger partial charge in [-0.05, 0) is 120 Å². The average Bonchev–Trinajstić information content (AvgIpc) is 3.10. The molecule has 33 heavy (non-hydrogen) atoms. The first-order chi connectivity index (χ1) is 15.3. The molecule has 5 aliphatic carbocycles. The van der Waals surface area contributed by atoms with Gasteiger partial charge in [-0.2, -0.15) is 0 Å². The Morgan fingerprint density at radius 2 is 1.45 bits per heavy atom. The molecule has 0 aromatic heterocycles. The second kappa shape index (κ2) is 7.19. The van der Waals surface area contributed by atoms with Gasteiger partial charge in [-0.25, -0.2) is 0 Å². The molecule has 186 valence electrons. The molecule has 0 aliphatic heterocycles. The molecule has 0 spiro atoms. The predicted octanol–water partition coefficient (Wildman–Crippen LogP) is 6.17. The maximum atomic E-state index is 11.8. The van der Waals surface area contributed by atoms with Crippen LogP contribution in [0.15, 0.2) is 12.2 Å². The quantitative estimate of drug-likeness (QED) is 0.386. The first-order valence-electron chi connectivity index (χ1n) is 13.8. The van der Waals surface area contributed by atoms with Crippen LogP contribution in [0.3, 0.4) is 0 Å². The zero-order valence-corrected chi connectivity index (χ0v) is 22.0. The number of carbonyl (C=O) groups is 1. The summed E-state index contributed by atoms with van der Waals surface area (Å²) >= 11 is 0.